The van der Waals surface area contributed by atoms with Gasteiger partial charge in [-0.05, 0) is 91.7 Å². The molecule has 330 valence electrons. The molecule has 1 spiro atoms. The molecule has 0 aromatic heterocycles. The second-order valence-corrected chi connectivity index (χ2v) is 62.4. The molecule has 7 saturated heterocycles. The summed E-state index contributed by atoms with van der Waals surface area (Å²) in [6, 6.07) is 0. The van der Waals surface area contributed by atoms with Crippen molar-refractivity contribution in [2.75, 3.05) is 0 Å². The smallest absolute Gasteiger partial charge is 0.418 e. The van der Waals surface area contributed by atoms with Crippen LogP contribution in [0.25, 0.3) is 0 Å². The van der Waals surface area contributed by atoms with Gasteiger partial charge in [0.1, 0.15) is 20.3 Å². The predicted molar refractivity (Wildman–Crippen MR) is 239 cm³/mol. The summed E-state index contributed by atoms with van der Waals surface area (Å²) in [6.45, 7) is 31.5. The van der Waals surface area contributed by atoms with Gasteiger partial charge in [0.25, 0.3) is 0 Å². The standard InChI is InChI=1S/C21H62O20Si16/c1-42(2)21-28-51(22)20-26-50-18(25-53(31-45(7)8)19(50)27-57(40-53,35-49(15)16)41-55(21,37-51)33-47(11)12)17(24-43(3)4)52(36-50,30-44(5)6)38-56(23,34-48(13)14)39-54(20,29-21)32-46(9)10/h17-20,22-23,42-49H,1-16H3. The van der Waals surface area contributed by atoms with E-state index in [0.29, 0.717) is 0 Å². The van der Waals surface area contributed by atoms with E-state index >= 15 is 0 Å². The van der Waals surface area contributed by atoms with Crippen molar-refractivity contribution in [3.63, 3.8) is 0 Å². The Bertz CT molecular complexity index is 1530. The Labute approximate surface area is 357 Å². The minimum absolute atomic E-state index is 1.03. The number of hydrogen-bond acceptors (Lipinski definition) is 20. The topological polar surface area (TPSA) is 207 Å². The third-order valence-electron chi connectivity index (χ3n) is 9.42. The molecular formula is C21H62O20Si16. The molecule has 7 aliphatic heterocycles. The van der Waals surface area contributed by atoms with Crippen LogP contribution in [0, 0.1) is 0 Å². The lowest BCUT2D eigenvalue weighted by molar-refractivity contribution is -0.0974. The van der Waals surface area contributed by atoms with Crippen LogP contribution in [0.2, 0.25) is 105 Å². The highest BCUT2D eigenvalue weighted by Gasteiger charge is 2.99. The van der Waals surface area contributed by atoms with Gasteiger partial charge in [-0.2, -0.15) is 0 Å². The Kier molecular flexibility index (Phi) is 13.3. The fraction of sp³-hybridized carbons (Fsp3) is 1.00. The zero-order valence-electron chi connectivity index (χ0n) is 35.7. The molecule has 13 unspecified atom stereocenters. The van der Waals surface area contributed by atoms with Crippen molar-refractivity contribution < 1.29 is 85.5 Å². The highest BCUT2D eigenvalue weighted by Crippen LogP contribution is 2.61. The molecule has 0 aromatic rings. The molecule has 0 saturated carbocycles. The quantitative estimate of drug-likeness (QED) is 0.174. The lowest BCUT2D eigenvalue weighted by Crippen LogP contribution is -2.83. The average molecular weight is 1080 g/mol. The summed E-state index contributed by atoms with van der Waals surface area (Å²) in [4.78, 5) is 26.5. The van der Waals surface area contributed by atoms with Crippen LogP contribution >= 0.6 is 0 Å². The van der Waals surface area contributed by atoms with Gasteiger partial charge in [-0.1, -0.05) is 13.1 Å². The first-order valence-corrected chi connectivity index (χ1v) is 56.6. The van der Waals surface area contributed by atoms with E-state index < -0.39 is 170 Å². The second kappa shape index (κ2) is 15.9. The lowest BCUT2D eigenvalue weighted by Gasteiger charge is -2.52. The minimum atomic E-state index is -5.00. The number of rotatable bonds is 15. The first-order valence-electron chi connectivity index (χ1n) is 20.0. The van der Waals surface area contributed by atoms with Gasteiger partial charge in [0, 0.05) is 0 Å². The van der Waals surface area contributed by atoms with Crippen LogP contribution in [-0.4, -0.2) is 180 Å². The Morgan fingerprint density at radius 1 is 0.474 bits per heavy atom. The monoisotopic (exact) mass is 1080 g/mol. The van der Waals surface area contributed by atoms with Crippen LogP contribution in [0.3, 0.4) is 0 Å². The van der Waals surface area contributed by atoms with E-state index in [1.165, 1.54) is 0 Å². The number of fused-ring (bicyclic) bond motifs is 5. The van der Waals surface area contributed by atoms with E-state index in [-0.39, 0.29) is 0 Å². The van der Waals surface area contributed by atoms with E-state index in [2.05, 4.69) is 0 Å². The molecule has 0 radical (unpaired) electrons. The van der Waals surface area contributed by atoms with Crippen LogP contribution in [0.4, 0.5) is 0 Å². The highest BCUT2D eigenvalue weighted by atomic mass is 28.6. The zero-order valence-corrected chi connectivity index (χ0v) is 52.9. The van der Waals surface area contributed by atoms with Crippen molar-refractivity contribution in [2.24, 2.45) is 0 Å². The SMILES string of the molecule is C[SiH](C)OC1C2O[Si]3(O[SiH](C)C)O[Si]4(O[SiH](C)C)OC3[Si]23OC2[Si]5(O)OC([SiH](C)C)(O[Si]2(O[SiH](C)C)O[Si](O)(O[SiH](C)C)O[Si]1(O[SiH](C)C)O3)[Si](O[SiH](C)C)(O4)O5. The highest BCUT2D eigenvalue weighted by molar-refractivity contribution is 7.07. The van der Waals surface area contributed by atoms with Gasteiger partial charge in [0.05, 0.1) is 0 Å². The molecule has 20 nitrogen and oxygen atoms in total. The van der Waals surface area contributed by atoms with Crippen LogP contribution in [0.5, 0.6) is 0 Å². The second-order valence-electron chi connectivity index (χ2n) is 17.5. The summed E-state index contributed by atoms with van der Waals surface area (Å²) in [7, 11) is -53.9. The van der Waals surface area contributed by atoms with E-state index in [1.807, 2.05) is 105 Å². The fourth-order valence-corrected chi connectivity index (χ4v) is 79.7. The summed E-state index contributed by atoms with van der Waals surface area (Å²) in [6.07, 6.45) is 0. The molecule has 7 fully saturated rings. The molecule has 57 heavy (non-hydrogen) atoms. The molecule has 2 N–H and O–H groups in total. The summed E-state index contributed by atoms with van der Waals surface area (Å²) in [5, 5.41) is -4.58. The van der Waals surface area contributed by atoms with Crippen LogP contribution in [-0.2, 0) is 75.9 Å². The zero-order chi connectivity index (χ0) is 42.2. The molecule has 36 heteroatoms. The van der Waals surface area contributed by atoms with E-state index in [4.69, 9.17) is 75.9 Å². The fourth-order valence-electron chi connectivity index (χ4n) is 8.22. The maximum Gasteiger partial charge on any atom is 0.654 e. The third kappa shape index (κ3) is 7.88. The summed E-state index contributed by atoms with van der Waals surface area (Å²) in [5.41, 5.74) is -2.08. The van der Waals surface area contributed by atoms with Crippen LogP contribution < -0.4 is 0 Å². The third-order valence-corrected chi connectivity index (χ3v) is 63.4. The summed E-state index contributed by atoms with van der Waals surface area (Å²) in [5.74, 6) is 0. The molecule has 0 aliphatic carbocycles. The Morgan fingerprint density at radius 3 is 1.56 bits per heavy atom. The van der Waals surface area contributed by atoms with Gasteiger partial charge in [-0.25, -0.2) is 0 Å². The van der Waals surface area contributed by atoms with Crippen molar-refractivity contribution >= 4 is 143 Å². The van der Waals surface area contributed by atoms with Gasteiger partial charge in [-0.3, -0.25) is 0 Å². The first kappa shape index (κ1) is 47.6. The first-order chi connectivity index (χ1) is 26.2. The largest absolute Gasteiger partial charge is 0.654 e. The Morgan fingerprint density at radius 2 is 1.02 bits per heavy atom. The van der Waals surface area contributed by atoms with Gasteiger partial charge < -0.3 is 85.5 Å². The number of hydrogen-bond donors (Lipinski definition) is 2. The molecular weight excluding hydrogens is 1020 g/mol. The van der Waals surface area contributed by atoms with Crippen molar-refractivity contribution in [1.29, 1.82) is 0 Å². The van der Waals surface area contributed by atoms with Gasteiger partial charge in [-0.15, -0.1) is 0 Å². The molecule has 8 bridgehead atoms. The van der Waals surface area contributed by atoms with E-state index in [9.17, 15) is 9.59 Å². The van der Waals surface area contributed by atoms with Crippen molar-refractivity contribution in [2.45, 2.75) is 132 Å². The Hall–Kier alpha value is 2.67. The molecule has 13 atom stereocenters. The lowest BCUT2D eigenvalue weighted by atomic mass is 10.8. The Balaban J connectivity index is 1.62. The van der Waals surface area contributed by atoms with Gasteiger partial charge in [0.2, 0.25) is 5.03 Å². The minimum Gasteiger partial charge on any atom is -0.418 e. The van der Waals surface area contributed by atoms with Crippen LogP contribution in [0.15, 0.2) is 0 Å². The molecule has 0 aromatic carbocycles. The average Bonchev–Trinajstić information content (AvgIpc) is 3.56. The summed E-state index contributed by atoms with van der Waals surface area (Å²) >= 11 is 0. The predicted octanol–water partition coefficient (Wildman–Crippen LogP) is -1.77. The van der Waals surface area contributed by atoms with Crippen molar-refractivity contribution in [3.8, 4) is 0 Å². The normalized spacial score (nSPS) is 48.7. The maximum absolute atomic E-state index is 13.4. The maximum atomic E-state index is 13.4. The summed E-state index contributed by atoms with van der Waals surface area (Å²) < 4.78 is 128. The van der Waals surface area contributed by atoms with E-state index in [0.717, 1.165) is 0 Å². The van der Waals surface area contributed by atoms with Gasteiger partial charge >= 0.3 is 70.7 Å². The van der Waals surface area contributed by atoms with Crippen molar-refractivity contribution in [3.05, 3.63) is 0 Å². The molecule has 7 aliphatic rings. The van der Waals surface area contributed by atoms with Crippen LogP contribution in [0.1, 0.15) is 0 Å². The molecule has 7 rings (SSSR count). The van der Waals surface area contributed by atoms with Crippen molar-refractivity contribution in [1.82, 2.24) is 0 Å². The van der Waals surface area contributed by atoms with E-state index in [1.54, 1.807) is 0 Å². The molecule has 7 heterocycles. The van der Waals surface area contributed by atoms with Gasteiger partial charge in [0.15, 0.2) is 74.0 Å². The molecule has 0 amide bonds.